The summed E-state index contributed by atoms with van der Waals surface area (Å²) in [4.78, 5) is 20.0. The van der Waals surface area contributed by atoms with Gasteiger partial charge >= 0.3 is 0 Å². The van der Waals surface area contributed by atoms with Crippen LogP contribution in [0, 0.1) is 5.82 Å². The van der Waals surface area contributed by atoms with Gasteiger partial charge in [0.25, 0.3) is 0 Å². The number of halogens is 1. The zero-order valence-electron chi connectivity index (χ0n) is 14.7. The molecule has 1 amide bonds. The number of sulfonamides is 1. The first-order chi connectivity index (χ1) is 13.0. The average molecular weight is 392 g/mol. The zero-order valence-corrected chi connectivity index (χ0v) is 15.5. The monoisotopic (exact) mass is 392 g/mol. The molecule has 0 bridgehead atoms. The number of anilines is 1. The van der Waals surface area contributed by atoms with E-state index in [2.05, 4.69) is 14.6 Å². The van der Waals surface area contributed by atoms with Crippen LogP contribution in [0.2, 0.25) is 0 Å². The van der Waals surface area contributed by atoms with Gasteiger partial charge in [-0.25, -0.2) is 22.5 Å². The molecule has 144 valence electrons. The first-order valence-electron chi connectivity index (χ1n) is 8.65. The quantitative estimate of drug-likeness (QED) is 0.800. The molecule has 1 saturated heterocycles. The van der Waals surface area contributed by atoms with E-state index in [1.807, 2.05) is 18.2 Å². The summed E-state index contributed by atoms with van der Waals surface area (Å²) in [5, 5.41) is 0. The lowest BCUT2D eigenvalue weighted by Gasteiger charge is -2.35. The minimum Gasteiger partial charge on any atom is -0.353 e. The van der Waals surface area contributed by atoms with Crippen molar-refractivity contribution in [3.05, 3.63) is 54.5 Å². The van der Waals surface area contributed by atoms with E-state index in [0.29, 0.717) is 26.2 Å². The molecule has 1 aromatic carbocycles. The zero-order chi connectivity index (χ0) is 19.3. The number of piperazine rings is 1. The Morgan fingerprint density at radius 3 is 2.44 bits per heavy atom. The number of pyridine rings is 1. The van der Waals surface area contributed by atoms with Crippen LogP contribution in [0.15, 0.2) is 53.6 Å². The number of nitrogens with zero attached hydrogens (tertiary/aromatic N) is 3. The smallest absolute Gasteiger partial charge is 0.243 e. The summed E-state index contributed by atoms with van der Waals surface area (Å²) in [6.07, 6.45) is 1.76. The molecule has 9 heteroatoms. The van der Waals surface area contributed by atoms with Gasteiger partial charge in [-0.1, -0.05) is 18.2 Å². The van der Waals surface area contributed by atoms with Crippen molar-refractivity contribution in [3.8, 4) is 0 Å². The molecule has 1 aromatic heterocycles. The van der Waals surface area contributed by atoms with Crippen LogP contribution in [-0.2, 0) is 14.8 Å². The third kappa shape index (κ3) is 4.81. The van der Waals surface area contributed by atoms with E-state index in [-0.39, 0.29) is 18.9 Å². The fraction of sp³-hybridized carbons (Fsp3) is 0.333. The second-order valence-electron chi connectivity index (χ2n) is 6.13. The third-order valence-electron chi connectivity index (χ3n) is 4.36. The minimum atomic E-state index is -3.97. The molecule has 1 aliphatic rings. The van der Waals surface area contributed by atoms with Crippen molar-refractivity contribution in [2.75, 3.05) is 37.6 Å². The third-order valence-corrected chi connectivity index (χ3v) is 5.86. The Hall–Kier alpha value is -2.52. The molecule has 1 N–H and O–H groups in total. The Balaban J connectivity index is 1.47. The standard InChI is InChI=1S/C18H21FN4O3S/c19-15-5-1-2-6-16(15)27(25,26)21-10-8-18(24)23-13-11-22(12-14-23)17-7-3-4-9-20-17/h1-7,9,21H,8,10-14H2. The Labute approximate surface area is 157 Å². The molecular weight excluding hydrogens is 371 g/mol. The molecule has 2 heterocycles. The topological polar surface area (TPSA) is 82.6 Å². The molecule has 0 unspecified atom stereocenters. The van der Waals surface area contributed by atoms with Gasteiger partial charge in [-0.15, -0.1) is 0 Å². The van der Waals surface area contributed by atoms with Crippen molar-refractivity contribution in [3.63, 3.8) is 0 Å². The summed E-state index contributed by atoms with van der Waals surface area (Å²) < 4.78 is 40.2. The largest absolute Gasteiger partial charge is 0.353 e. The van der Waals surface area contributed by atoms with Crippen LogP contribution in [0.5, 0.6) is 0 Å². The summed E-state index contributed by atoms with van der Waals surface area (Å²) in [5.74, 6) is -0.0730. The number of nitrogens with one attached hydrogen (secondary N) is 1. The molecular formula is C18H21FN4O3S. The van der Waals surface area contributed by atoms with Crippen LogP contribution in [0.1, 0.15) is 6.42 Å². The van der Waals surface area contributed by atoms with Gasteiger partial charge in [0.15, 0.2) is 0 Å². The highest BCUT2D eigenvalue weighted by atomic mass is 32.2. The molecule has 3 rings (SSSR count). The van der Waals surface area contributed by atoms with Gasteiger partial charge in [0.2, 0.25) is 15.9 Å². The first kappa shape index (κ1) is 19.2. The number of carbonyl (C=O) groups excluding carboxylic acids is 1. The van der Waals surface area contributed by atoms with Crippen LogP contribution in [0.3, 0.4) is 0 Å². The maximum atomic E-state index is 13.6. The summed E-state index contributed by atoms with van der Waals surface area (Å²) in [7, 11) is -3.97. The van der Waals surface area contributed by atoms with E-state index < -0.39 is 20.7 Å². The lowest BCUT2D eigenvalue weighted by molar-refractivity contribution is -0.131. The molecule has 1 aliphatic heterocycles. The van der Waals surface area contributed by atoms with Crippen LogP contribution in [-0.4, -0.2) is 56.9 Å². The number of hydrogen-bond donors (Lipinski definition) is 1. The average Bonchev–Trinajstić information content (AvgIpc) is 2.69. The normalized spacial score (nSPS) is 15.0. The molecule has 0 spiro atoms. The highest BCUT2D eigenvalue weighted by molar-refractivity contribution is 7.89. The molecule has 0 aliphatic carbocycles. The Morgan fingerprint density at radius 2 is 1.78 bits per heavy atom. The van der Waals surface area contributed by atoms with Crippen molar-refractivity contribution in [2.24, 2.45) is 0 Å². The second-order valence-corrected chi connectivity index (χ2v) is 7.87. The molecule has 2 aromatic rings. The molecule has 27 heavy (non-hydrogen) atoms. The maximum Gasteiger partial charge on any atom is 0.243 e. The fourth-order valence-electron chi connectivity index (χ4n) is 2.92. The Kier molecular flexibility index (Phi) is 6.02. The predicted molar refractivity (Wildman–Crippen MR) is 99.2 cm³/mol. The highest BCUT2D eigenvalue weighted by Crippen LogP contribution is 2.14. The van der Waals surface area contributed by atoms with E-state index in [1.165, 1.54) is 18.2 Å². The van der Waals surface area contributed by atoms with E-state index in [4.69, 9.17) is 0 Å². The van der Waals surface area contributed by atoms with E-state index >= 15 is 0 Å². The van der Waals surface area contributed by atoms with Crippen molar-refractivity contribution in [2.45, 2.75) is 11.3 Å². The van der Waals surface area contributed by atoms with Crippen LogP contribution < -0.4 is 9.62 Å². The summed E-state index contributed by atoms with van der Waals surface area (Å²) in [6, 6.07) is 10.8. The van der Waals surface area contributed by atoms with Crippen LogP contribution in [0.4, 0.5) is 10.2 Å². The van der Waals surface area contributed by atoms with Crippen LogP contribution in [0.25, 0.3) is 0 Å². The SMILES string of the molecule is O=C(CCNS(=O)(=O)c1ccccc1F)N1CCN(c2ccccn2)CC1. The molecule has 1 fully saturated rings. The number of aromatic nitrogens is 1. The van der Waals surface area contributed by atoms with Crippen LogP contribution >= 0.6 is 0 Å². The predicted octanol–water partition coefficient (Wildman–Crippen LogP) is 1.24. The molecule has 7 nitrogen and oxygen atoms in total. The van der Waals surface area contributed by atoms with E-state index in [9.17, 15) is 17.6 Å². The first-order valence-corrected chi connectivity index (χ1v) is 10.1. The van der Waals surface area contributed by atoms with Crippen molar-refractivity contribution >= 4 is 21.7 Å². The van der Waals surface area contributed by atoms with Gasteiger partial charge < -0.3 is 9.80 Å². The Bertz CT molecular complexity index is 884. The van der Waals surface area contributed by atoms with E-state index in [0.717, 1.165) is 11.9 Å². The lowest BCUT2D eigenvalue weighted by atomic mass is 10.2. The number of benzene rings is 1. The summed E-state index contributed by atoms with van der Waals surface area (Å²) in [5.41, 5.74) is 0. The second kappa shape index (κ2) is 8.45. The lowest BCUT2D eigenvalue weighted by Crippen LogP contribution is -2.49. The van der Waals surface area contributed by atoms with Gasteiger partial charge in [-0.05, 0) is 24.3 Å². The summed E-state index contributed by atoms with van der Waals surface area (Å²) in [6.45, 7) is 2.37. The number of carbonyl (C=O) groups is 1. The number of hydrogen-bond acceptors (Lipinski definition) is 5. The van der Waals surface area contributed by atoms with Gasteiger partial charge in [0, 0.05) is 45.3 Å². The van der Waals surface area contributed by atoms with Crippen molar-refractivity contribution in [1.29, 1.82) is 0 Å². The summed E-state index contributed by atoms with van der Waals surface area (Å²) >= 11 is 0. The van der Waals surface area contributed by atoms with Gasteiger partial charge in [0.1, 0.15) is 16.5 Å². The van der Waals surface area contributed by atoms with Gasteiger partial charge in [0.05, 0.1) is 0 Å². The van der Waals surface area contributed by atoms with Gasteiger partial charge in [-0.2, -0.15) is 0 Å². The fourth-order valence-corrected chi connectivity index (χ4v) is 4.03. The number of amides is 1. The molecule has 0 radical (unpaired) electrons. The minimum absolute atomic E-state index is 0.0251. The maximum absolute atomic E-state index is 13.6. The van der Waals surface area contributed by atoms with Crippen molar-refractivity contribution < 1.29 is 17.6 Å². The highest BCUT2D eigenvalue weighted by Gasteiger charge is 2.23. The van der Waals surface area contributed by atoms with Crippen molar-refractivity contribution in [1.82, 2.24) is 14.6 Å². The number of rotatable bonds is 6. The molecule has 0 atom stereocenters. The molecule has 0 saturated carbocycles. The van der Waals surface area contributed by atoms with E-state index in [1.54, 1.807) is 11.1 Å². The van der Waals surface area contributed by atoms with Gasteiger partial charge in [-0.3, -0.25) is 4.79 Å². The Morgan fingerprint density at radius 1 is 1.07 bits per heavy atom.